The van der Waals surface area contributed by atoms with Gasteiger partial charge in [0.15, 0.2) is 24.8 Å². The van der Waals surface area contributed by atoms with Gasteiger partial charge in [0.1, 0.15) is 0 Å². The predicted octanol–water partition coefficient (Wildman–Crippen LogP) is 2.17. The fourth-order valence-corrected chi connectivity index (χ4v) is 7.10. The lowest BCUT2D eigenvalue weighted by Gasteiger charge is -2.21. The summed E-state index contributed by atoms with van der Waals surface area (Å²) in [5, 5.41) is -1.26. The topological polar surface area (TPSA) is 68.3 Å². The lowest BCUT2D eigenvalue weighted by atomic mass is 10.0. The smallest absolute Gasteiger partial charge is 0.192 e. The van der Waals surface area contributed by atoms with E-state index in [1.165, 1.54) is 12.1 Å². The molecule has 1 saturated carbocycles. The molecule has 0 amide bonds. The molecule has 0 aliphatic heterocycles. The van der Waals surface area contributed by atoms with Crippen LogP contribution in [0.1, 0.15) is 32.1 Å². The Morgan fingerprint density at radius 2 is 1.47 bits per heavy atom. The van der Waals surface area contributed by atoms with E-state index in [-0.39, 0.29) is 4.90 Å². The highest BCUT2D eigenvalue weighted by atomic mass is 32.3. The summed E-state index contributed by atoms with van der Waals surface area (Å²) in [5.74, 6) is 0. The summed E-state index contributed by atoms with van der Waals surface area (Å²) in [5.41, 5.74) is 0. The molecule has 1 aromatic carbocycles. The molecule has 0 unspecified atom stereocenters. The maximum absolute atomic E-state index is 12.2. The molecule has 0 radical (unpaired) electrons. The molecule has 0 spiro atoms. The van der Waals surface area contributed by atoms with Gasteiger partial charge in [-0.3, -0.25) is 0 Å². The predicted molar refractivity (Wildman–Crippen MR) is 74.3 cm³/mol. The van der Waals surface area contributed by atoms with Crippen LogP contribution in [-0.2, 0) is 19.7 Å². The fourth-order valence-electron chi connectivity index (χ4n) is 2.43. The molecule has 6 heteroatoms. The molecule has 0 heterocycles. The van der Waals surface area contributed by atoms with Crippen LogP contribution in [0.25, 0.3) is 0 Å². The SMILES string of the molecule is O=S(=O)(CS(=O)(=O)C1CCCCC1)c1ccccc1. The Labute approximate surface area is 114 Å². The van der Waals surface area contributed by atoms with Crippen molar-refractivity contribution in [2.45, 2.75) is 42.2 Å². The second-order valence-electron chi connectivity index (χ2n) is 4.97. The molecule has 0 aromatic heterocycles. The summed E-state index contributed by atoms with van der Waals surface area (Å²) in [6.45, 7) is 0. The van der Waals surface area contributed by atoms with Gasteiger partial charge in [0.05, 0.1) is 10.1 Å². The number of benzene rings is 1. The third-order valence-corrected chi connectivity index (χ3v) is 8.51. The summed E-state index contributed by atoms with van der Waals surface area (Å²) in [6.07, 6.45) is 3.96. The Morgan fingerprint density at radius 1 is 0.895 bits per heavy atom. The van der Waals surface area contributed by atoms with E-state index >= 15 is 0 Å². The molecule has 0 atom stereocenters. The maximum Gasteiger partial charge on any atom is 0.192 e. The number of hydrogen-bond acceptors (Lipinski definition) is 4. The summed E-state index contributed by atoms with van der Waals surface area (Å²) in [7, 11) is -7.33. The monoisotopic (exact) mass is 302 g/mol. The van der Waals surface area contributed by atoms with Crippen LogP contribution >= 0.6 is 0 Å². The van der Waals surface area contributed by atoms with Crippen molar-refractivity contribution in [1.29, 1.82) is 0 Å². The quantitative estimate of drug-likeness (QED) is 0.854. The first kappa shape index (κ1) is 14.5. The molecule has 1 aromatic rings. The molecule has 1 fully saturated rings. The first-order valence-corrected chi connectivity index (χ1v) is 9.78. The van der Waals surface area contributed by atoms with Gasteiger partial charge < -0.3 is 0 Å². The summed E-state index contributed by atoms with van der Waals surface area (Å²) >= 11 is 0. The minimum absolute atomic E-state index is 0.0781. The maximum atomic E-state index is 12.2. The standard InChI is InChI=1S/C13H18O4S2/c14-18(15,12-7-3-1-4-8-12)11-19(16,17)13-9-5-2-6-10-13/h1,3-4,7-8,13H,2,5-6,9-11H2. The van der Waals surface area contributed by atoms with Gasteiger partial charge in [0, 0.05) is 0 Å². The first-order valence-electron chi connectivity index (χ1n) is 6.41. The van der Waals surface area contributed by atoms with E-state index in [0.29, 0.717) is 12.8 Å². The highest BCUT2D eigenvalue weighted by molar-refractivity contribution is 8.08. The van der Waals surface area contributed by atoms with Crippen molar-refractivity contribution >= 4 is 19.7 Å². The average Bonchev–Trinajstić information content (AvgIpc) is 2.40. The second-order valence-corrected chi connectivity index (χ2v) is 9.60. The molecular weight excluding hydrogens is 284 g/mol. The Hall–Kier alpha value is -0.880. The average molecular weight is 302 g/mol. The lowest BCUT2D eigenvalue weighted by Crippen LogP contribution is -2.29. The van der Waals surface area contributed by atoms with E-state index in [9.17, 15) is 16.8 Å². The largest absolute Gasteiger partial charge is 0.227 e. The van der Waals surface area contributed by atoms with Crippen LogP contribution in [0.3, 0.4) is 0 Å². The number of rotatable bonds is 4. The van der Waals surface area contributed by atoms with Crippen LogP contribution in [0.15, 0.2) is 35.2 Å². The fraction of sp³-hybridized carbons (Fsp3) is 0.538. The zero-order valence-corrected chi connectivity index (χ0v) is 12.3. The van der Waals surface area contributed by atoms with Gasteiger partial charge in [-0.2, -0.15) is 0 Å². The van der Waals surface area contributed by atoms with Crippen LogP contribution in [0.4, 0.5) is 0 Å². The van der Waals surface area contributed by atoms with Crippen LogP contribution in [0.2, 0.25) is 0 Å². The van der Waals surface area contributed by atoms with Crippen LogP contribution in [0.5, 0.6) is 0 Å². The van der Waals surface area contributed by atoms with Gasteiger partial charge in [-0.15, -0.1) is 0 Å². The molecule has 0 bridgehead atoms. The van der Waals surface area contributed by atoms with E-state index in [1.807, 2.05) is 0 Å². The van der Waals surface area contributed by atoms with Gasteiger partial charge in [-0.1, -0.05) is 37.5 Å². The van der Waals surface area contributed by atoms with Crippen molar-refractivity contribution in [3.63, 3.8) is 0 Å². The third-order valence-electron chi connectivity index (χ3n) is 3.48. The summed E-state index contributed by atoms with van der Waals surface area (Å²) < 4.78 is 48.6. The molecule has 106 valence electrons. The third kappa shape index (κ3) is 3.57. The van der Waals surface area contributed by atoms with E-state index in [0.717, 1.165) is 19.3 Å². The zero-order chi connectivity index (χ0) is 13.9. The van der Waals surface area contributed by atoms with Crippen molar-refractivity contribution in [3.05, 3.63) is 30.3 Å². The molecule has 19 heavy (non-hydrogen) atoms. The van der Waals surface area contributed by atoms with Crippen molar-refractivity contribution in [2.24, 2.45) is 0 Å². The summed E-state index contributed by atoms with van der Waals surface area (Å²) in [6, 6.07) is 7.77. The van der Waals surface area contributed by atoms with E-state index in [4.69, 9.17) is 0 Å². The Bertz CT molecular complexity index is 612. The molecule has 1 aliphatic rings. The molecule has 0 saturated heterocycles. The highest BCUT2D eigenvalue weighted by Gasteiger charge is 2.32. The summed E-state index contributed by atoms with van der Waals surface area (Å²) in [4.78, 5) is 0.0781. The first-order chi connectivity index (χ1) is 8.92. The van der Waals surface area contributed by atoms with Gasteiger partial charge in [0.25, 0.3) is 0 Å². The molecule has 0 N–H and O–H groups in total. The number of hydrogen-bond donors (Lipinski definition) is 0. The zero-order valence-electron chi connectivity index (χ0n) is 10.7. The Balaban J connectivity index is 2.20. The van der Waals surface area contributed by atoms with Gasteiger partial charge in [0.2, 0.25) is 0 Å². The Morgan fingerprint density at radius 3 is 2.05 bits per heavy atom. The lowest BCUT2D eigenvalue weighted by molar-refractivity contribution is 0.485. The van der Waals surface area contributed by atoms with E-state index < -0.39 is 30.0 Å². The van der Waals surface area contributed by atoms with Crippen molar-refractivity contribution in [2.75, 3.05) is 5.08 Å². The van der Waals surface area contributed by atoms with Gasteiger partial charge >= 0.3 is 0 Å². The van der Waals surface area contributed by atoms with Gasteiger partial charge in [-0.25, -0.2) is 16.8 Å². The molecule has 2 rings (SSSR count). The van der Waals surface area contributed by atoms with Crippen LogP contribution in [0, 0.1) is 0 Å². The molecular formula is C13H18O4S2. The normalized spacial score (nSPS) is 18.3. The van der Waals surface area contributed by atoms with Crippen molar-refractivity contribution in [1.82, 2.24) is 0 Å². The highest BCUT2D eigenvalue weighted by Crippen LogP contribution is 2.26. The Kier molecular flexibility index (Phi) is 4.30. The van der Waals surface area contributed by atoms with Gasteiger partial charge in [-0.05, 0) is 25.0 Å². The van der Waals surface area contributed by atoms with Crippen LogP contribution in [-0.4, -0.2) is 27.2 Å². The van der Waals surface area contributed by atoms with E-state index in [2.05, 4.69) is 0 Å². The van der Waals surface area contributed by atoms with Crippen molar-refractivity contribution in [3.8, 4) is 0 Å². The second kappa shape index (κ2) is 5.63. The van der Waals surface area contributed by atoms with Crippen LogP contribution < -0.4 is 0 Å². The molecule has 1 aliphatic carbocycles. The minimum Gasteiger partial charge on any atom is -0.227 e. The van der Waals surface area contributed by atoms with E-state index in [1.54, 1.807) is 18.2 Å². The van der Waals surface area contributed by atoms with Crippen molar-refractivity contribution < 1.29 is 16.8 Å². The minimum atomic E-state index is -3.76. The molecule has 4 nitrogen and oxygen atoms in total. The number of sulfone groups is 2.